The molecule has 32 heavy (non-hydrogen) atoms. The van der Waals surface area contributed by atoms with Crippen LogP contribution >= 0.6 is 0 Å². The first-order chi connectivity index (χ1) is 15.4. The van der Waals surface area contributed by atoms with Crippen molar-refractivity contribution in [1.29, 1.82) is 0 Å². The predicted molar refractivity (Wildman–Crippen MR) is 122 cm³/mol. The Morgan fingerprint density at radius 1 is 1.38 bits per heavy atom. The number of hydroxylamine groups is 2. The number of rotatable bonds is 7. The van der Waals surface area contributed by atoms with E-state index in [0.717, 1.165) is 44.2 Å². The first kappa shape index (κ1) is 22.5. The zero-order valence-electron chi connectivity index (χ0n) is 19.4. The molecule has 2 aromatic rings. The summed E-state index contributed by atoms with van der Waals surface area (Å²) in [6.45, 7) is 4.42. The summed E-state index contributed by atoms with van der Waals surface area (Å²) in [4.78, 5) is 17.4. The van der Waals surface area contributed by atoms with Gasteiger partial charge in [-0.3, -0.25) is 4.84 Å². The Morgan fingerprint density at radius 2 is 2.12 bits per heavy atom. The SMILES string of the molecule is CCCC(C[C@H]1CCC2=C1[C@@H](C)c1cnn(-c3ccc(F)cc3)c1C2)NC(=O)N(C)OC. The highest BCUT2D eigenvalue weighted by Crippen LogP contribution is 2.48. The lowest BCUT2D eigenvalue weighted by molar-refractivity contribution is -0.0657. The number of allylic oxidation sites excluding steroid dienone is 2. The van der Waals surface area contributed by atoms with Crippen LogP contribution in [0.1, 0.15) is 63.1 Å². The van der Waals surface area contributed by atoms with Crippen LogP contribution < -0.4 is 5.32 Å². The summed E-state index contributed by atoms with van der Waals surface area (Å²) in [7, 11) is 3.12. The molecule has 1 unspecified atom stereocenters. The van der Waals surface area contributed by atoms with Gasteiger partial charge in [0.05, 0.1) is 24.7 Å². The van der Waals surface area contributed by atoms with Crippen LogP contribution in [0.4, 0.5) is 9.18 Å². The highest BCUT2D eigenvalue weighted by Gasteiger charge is 2.37. The number of urea groups is 1. The molecule has 0 fully saturated rings. The highest BCUT2D eigenvalue weighted by molar-refractivity contribution is 5.73. The van der Waals surface area contributed by atoms with Gasteiger partial charge in [0.25, 0.3) is 0 Å². The summed E-state index contributed by atoms with van der Waals surface area (Å²) < 4.78 is 15.3. The van der Waals surface area contributed by atoms with Crippen molar-refractivity contribution in [3.05, 3.63) is 58.7 Å². The van der Waals surface area contributed by atoms with Gasteiger partial charge in [0.1, 0.15) is 5.82 Å². The Hall–Kier alpha value is -2.67. The second-order valence-electron chi connectivity index (χ2n) is 8.98. The van der Waals surface area contributed by atoms with E-state index in [1.54, 1.807) is 19.2 Å². The van der Waals surface area contributed by atoms with Crippen LogP contribution in [0.25, 0.3) is 5.69 Å². The van der Waals surface area contributed by atoms with Crippen molar-refractivity contribution >= 4 is 6.03 Å². The molecule has 0 saturated carbocycles. The van der Waals surface area contributed by atoms with Gasteiger partial charge in [-0.2, -0.15) is 5.10 Å². The largest absolute Gasteiger partial charge is 0.341 e. The quantitative estimate of drug-likeness (QED) is 0.479. The van der Waals surface area contributed by atoms with Gasteiger partial charge in [-0.25, -0.2) is 18.9 Å². The second kappa shape index (κ2) is 9.45. The fourth-order valence-electron chi connectivity index (χ4n) is 5.42. The van der Waals surface area contributed by atoms with Crippen molar-refractivity contribution in [3.63, 3.8) is 0 Å². The number of benzene rings is 1. The number of hydrogen-bond donors (Lipinski definition) is 1. The number of aromatic nitrogens is 2. The van der Waals surface area contributed by atoms with E-state index < -0.39 is 0 Å². The van der Waals surface area contributed by atoms with Crippen LogP contribution in [0.15, 0.2) is 41.6 Å². The Bertz CT molecular complexity index is 998. The van der Waals surface area contributed by atoms with Gasteiger partial charge < -0.3 is 5.32 Å². The maximum Gasteiger partial charge on any atom is 0.341 e. The lowest BCUT2D eigenvalue weighted by Gasteiger charge is -2.30. The molecule has 2 aliphatic carbocycles. The lowest BCUT2D eigenvalue weighted by Crippen LogP contribution is -2.43. The first-order valence-corrected chi connectivity index (χ1v) is 11.6. The number of halogens is 1. The average molecular weight is 441 g/mol. The lowest BCUT2D eigenvalue weighted by atomic mass is 9.78. The van der Waals surface area contributed by atoms with E-state index >= 15 is 0 Å². The Kier molecular flexibility index (Phi) is 6.65. The number of amides is 2. The number of carbonyl (C=O) groups excluding carboxylic acids is 1. The van der Waals surface area contributed by atoms with Gasteiger partial charge >= 0.3 is 6.03 Å². The molecule has 0 radical (unpaired) electrons. The highest BCUT2D eigenvalue weighted by atomic mass is 19.1. The molecule has 1 N–H and O–H groups in total. The molecule has 4 rings (SSSR count). The summed E-state index contributed by atoms with van der Waals surface area (Å²) in [6, 6.07) is 6.45. The van der Waals surface area contributed by atoms with Crippen LogP contribution in [-0.4, -0.2) is 41.1 Å². The molecular formula is C25H33FN4O2. The van der Waals surface area contributed by atoms with E-state index in [4.69, 9.17) is 4.84 Å². The summed E-state index contributed by atoms with van der Waals surface area (Å²) in [5, 5.41) is 9.04. The third-order valence-corrected chi connectivity index (χ3v) is 7.02. The third kappa shape index (κ3) is 4.31. The van der Waals surface area contributed by atoms with Gasteiger partial charge in [0, 0.05) is 31.0 Å². The molecule has 1 aromatic heterocycles. The zero-order chi connectivity index (χ0) is 22.8. The van der Waals surface area contributed by atoms with Crippen LogP contribution in [0.2, 0.25) is 0 Å². The molecule has 7 heteroatoms. The molecule has 3 atom stereocenters. The standard InChI is InChI=1S/C25H33FN4O2/c1-5-6-20(28-25(31)29(3)32-4)13-17-7-8-18-14-23-22(16(2)24(17)18)15-27-30(23)21-11-9-19(26)10-12-21/h9-12,15-17,20H,5-8,13-14H2,1-4H3,(H,28,31)/t16-,17+,20?/m0/s1. The number of fused-ring (bicyclic) bond motifs is 1. The topological polar surface area (TPSA) is 59.4 Å². The summed E-state index contributed by atoms with van der Waals surface area (Å²) >= 11 is 0. The third-order valence-electron chi connectivity index (χ3n) is 7.02. The first-order valence-electron chi connectivity index (χ1n) is 11.6. The van der Waals surface area contributed by atoms with Gasteiger partial charge in [0.2, 0.25) is 0 Å². The van der Waals surface area contributed by atoms with E-state index in [9.17, 15) is 9.18 Å². The van der Waals surface area contributed by atoms with Crippen molar-refractivity contribution in [2.75, 3.05) is 14.2 Å². The summed E-state index contributed by atoms with van der Waals surface area (Å²) in [5.41, 5.74) is 6.41. The van der Waals surface area contributed by atoms with Gasteiger partial charge in [0.15, 0.2) is 0 Å². The van der Waals surface area contributed by atoms with E-state index in [1.165, 1.54) is 46.7 Å². The normalized spacial score (nSPS) is 20.7. The van der Waals surface area contributed by atoms with E-state index in [2.05, 4.69) is 24.3 Å². The van der Waals surface area contributed by atoms with Crippen molar-refractivity contribution in [2.24, 2.45) is 5.92 Å². The van der Waals surface area contributed by atoms with E-state index in [0.29, 0.717) is 11.8 Å². The molecule has 0 aliphatic heterocycles. The summed E-state index contributed by atoms with van der Waals surface area (Å²) in [5.74, 6) is 0.527. The predicted octanol–water partition coefficient (Wildman–Crippen LogP) is 5.14. The van der Waals surface area contributed by atoms with Crippen molar-refractivity contribution < 1.29 is 14.0 Å². The van der Waals surface area contributed by atoms with Gasteiger partial charge in [-0.15, -0.1) is 0 Å². The fraction of sp³-hybridized carbons (Fsp3) is 0.520. The molecule has 1 heterocycles. The molecule has 0 spiro atoms. The van der Waals surface area contributed by atoms with E-state index in [1.807, 2.05) is 10.9 Å². The minimum absolute atomic E-state index is 0.123. The molecular weight excluding hydrogens is 407 g/mol. The second-order valence-corrected chi connectivity index (χ2v) is 8.98. The molecule has 1 aromatic carbocycles. The summed E-state index contributed by atoms with van der Waals surface area (Å²) in [6.07, 6.45) is 7.99. The fourth-order valence-corrected chi connectivity index (χ4v) is 5.42. The van der Waals surface area contributed by atoms with Crippen LogP contribution in [-0.2, 0) is 11.3 Å². The average Bonchev–Trinajstić information content (AvgIpc) is 3.39. The minimum atomic E-state index is -0.239. The number of nitrogens with one attached hydrogen (secondary N) is 1. The Morgan fingerprint density at radius 3 is 2.81 bits per heavy atom. The van der Waals surface area contributed by atoms with Crippen molar-refractivity contribution in [3.8, 4) is 5.69 Å². The van der Waals surface area contributed by atoms with Crippen LogP contribution in [0.3, 0.4) is 0 Å². The van der Waals surface area contributed by atoms with Crippen molar-refractivity contribution in [2.45, 2.75) is 64.3 Å². The van der Waals surface area contributed by atoms with Crippen molar-refractivity contribution in [1.82, 2.24) is 20.2 Å². The van der Waals surface area contributed by atoms with E-state index in [-0.39, 0.29) is 17.9 Å². The number of hydrogen-bond acceptors (Lipinski definition) is 3. The van der Waals surface area contributed by atoms with Gasteiger partial charge in [-0.05, 0) is 55.9 Å². The number of carbonyl (C=O) groups is 1. The zero-order valence-corrected chi connectivity index (χ0v) is 19.4. The minimum Gasteiger partial charge on any atom is -0.333 e. The van der Waals surface area contributed by atoms with Crippen LogP contribution in [0.5, 0.6) is 0 Å². The molecule has 2 aliphatic rings. The monoisotopic (exact) mass is 440 g/mol. The molecule has 6 nitrogen and oxygen atoms in total. The Balaban J connectivity index is 1.53. The molecule has 2 amide bonds. The molecule has 0 bridgehead atoms. The van der Waals surface area contributed by atoms with Gasteiger partial charge in [-0.1, -0.05) is 31.4 Å². The smallest absolute Gasteiger partial charge is 0.333 e. The maximum atomic E-state index is 13.4. The number of nitrogens with zero attached hydrogens (tertiary/aromatic N) is 3. The Labute approximate surface area is 189 Å². The molecule has 172 valence electrons. The van der Waals surface area contributed by atoms with Crippen LogP contribution in [0, 0.1) is 11.7 Å². The molecule has 0 saturated heterocycles. The maximum absolute atomic E-state index is 13.4.